The maximum atomic E-state index is 6.06. The van der Waals surface area contributed by atoms with Gasteiger partial charge in [0.2, 0.25) is 0 Å². The molecule has 4 rings (SSSR count). The van der Waals surface area contributed by atoms with Crippen LogP contribution in [0.1, 0.15) is 19.8 Å². The Morgan fingerprint density at radius 2 is 2.15 bits per heavy atom. The molecule has 106 valence electrons. The van der Waals surface area contributed by atoms with Gasteiger partial charge < -0.3 is 9.64 Å². The first-order valence-electron chi connectivity index (χ1n) is 7.11. The molecule has 2 aromatic heterocycles. The number of halogens is 1. The van der Waals surface area contributed by atoms with Gasteiger partial charge in [-0.1, -0.05) is 0 Å². The van der Waals surface area contributed by atoms with Gasteiger partial charge in [-0.05, 0) is 53.7 Å². The first-order valence-corrected chi connectivity index (χ1v) is 7.91. The molecule has 2 atom stereocenters. The highest BCUT2D eigenvalue weighted by Crippen LogP contribution is 2.37. The lowest BCUT2D eigenvalue weighted by atomic mass is 10.1. The third-order valence-corrected chi connectivity index (χ3v) is 4.60. The van der Waals surface area contributed by atoms with Gasteiger partial charge in [-0.2, -0.15) is 0 Å². The van der Waals surface area contributed by atoms with Crippen molar-refractivity contribution in [3.8, 4) is 0 Å². The summed E-state index contributed by atoms with van der Waals surface area (Å²) < 4.78 is 8.78. The summed E-state index contributed by atoms with van der Waals surface area (Å²) in [5.74, 6) is 1.75. The molecule has 1 aliphatic carbocycles. The summed E-state index contributed by atoms with van der Waals surface area (Å²) in [4.78, 5) is 6.62. The van der Waals surface area contributed by atoms with E-state index in [1.165, 1.54) is 12.8 Å². The van der Waals surface area contributed by atoms with Gasteiger partial charge in [0.1, 0.15) is 10.4 Å². The zero-order valence-corrected chi connectivity index (χ0v) is 13.0. The van der Waals surface area contributed by atoms with Gasteiger partial charge >= 0.3 is 0 Å². The molecule has 2 aliphatic rings. The first-order chi connectivity index (χ1) is 9.70. The molecule has 0 aromatic carbocycles. The second-order valence-electron chi connectivity index (χ2n) is 5.77. The summed E-state index contributed by atoms with van der Waals surface area (Å²) in [5.41, 5.74) is 0.862. The molecule has 1 aliphatic heterocycles. The molecule has 0 spiro atoms. The molecule has 6 heteroatoms. The summed E-state index contributed by atoms with van der Waals surface area (Å²) in [6.07, 6.45) is 5.02. The van der Waals surface area contributed by atoms with E-state index >= 15 is 0 Å². The number of rotatable bonds is 2. The van der Waals surface area contributed by atoms with Gasteiger partial charge in [-0.15, -0.1) is 5.10 Å². The monoisotopic (exact) mass is 336 g/mol. The van der Waals surface area contributed by atoms with Gasteiger partial charge in [0, 0.05) is 13.1 Å². The Labute approximate surface area is 126 Å². The Morgan fingerprint density at radius 3 is 2.95 bits per heavy atom. The second-order valence-corrected chi connectivity index (χ2v) is 6.58. The molecule has 2 aromatic rings. The molecule has 3 heterocycles. The number of anilines is 1. The molecular formula is C14H17BrN4O. The number of aromatic nitrogens is 3. The van der Waals surface area contributed by atoms with E-state index in [0.29, 0.717) is 6.10 Å². The second kappa shape index (κ2) is 4.70. The number of nitrogens with zero attached hydrogens (tertiary/aromatic N) is 4. The molecule has 0 amide bonds. The van der Waals surface area contributed by atoms with Crippen LogP contribution in [0.2, 0.25) is 0 Å². The quantitative estimate of drug-likeness (QED) is 0.845. The van der Waals surface area contributed by atoms with Gasteiger partial charge in [-0.25, -0.2) is 9.50 Å². The fourth-order valence-electron chi connectivity index (χ4n) is 2.91. The summed E-state index contributed by atoms with van der Waals surface area (Å²) >= 11 is 3.48. The lowest BCUT2D eigenvalue weighted by Gasteiger charge is -2.37. The fourth-order valence-corrected chi connectivity index (χ4v) is 3.27. The van der Waals surface area contributed by atoms with E-state index in [1.807, 2.05) is 10.6 Å². The number of hydrogen-bond acceptors (Lipinski definition) is 4. The molecule has 0 bridgehead atoms. The summed E-state index contributed by atoms with van der Waals surface area (Å²) in [6.45, 7) is 3.99. The van der Waals surface area contributed by atoms with E-state index in [4.69, 9.17) is 4.74 Å². The van der Waals surface area contributed by atoms with E-state index < -0.39 is 0 Å². The van der Waals surface area contributed by atoms with Crippen LogP contribution in [0.4, 0.5) is 5.82 Å². The minimum Gasteiger partial charge on any atom is -0.371 e. The molecule has 2 fully saturated rings. The topological polar surface area (TPSA) is 42.7 Å². The summed E-state index contributed by atoms with van der Waals surface area (Å²) in [6, 6.07) is 4.07. The van der Waals surface area contributed by atoms with Crippen molar-refractivity contribution in [2.45, 2.75) is 32.0 Å². The number of ether oxygens (including phenoxy) is 1. The third kappa shape index (κ3) is 2.20. The maximum absolute atomic E-state index is 6.06. The lowest BCUT2D eigenvalue weighted by Crippen LogP contribution is -2.48. The van der Waals surface area contributed by atoms with E-state index in [9.17, 15) is 0 Å². The van der Waals surface area contributed by atoms with Crippen LogP contribution in [0, 0.1) is 5.92 Å². The molecule has 5 nitrogen and oxygen atoms in total. The van der Waals surface area contributed by atoms with Crippen molar-refractivity contribution in [1.29, 1.82) is 0 Å². The summed E-state index contributed by atoms with van der Waals surface area (Å²) in [7, 11) is 0. The van der Waals surface area contributed by atoms with Crippen LogP contribution in [0.15, 0.2) is 22.9 Å². The number of imidazole rings is 1. The van der Waals surface area contributed by atoms with Crippen LogP contribution < -0.4 is 4.90 Å². The van der Waals surface area contributed by atoms with Crippen molar-refractivity contribution in [2.75, 3.05) is 18.0 Å². The van der Waals surface area contributed by atoms with E-state index in [2.05, 4.69) is 43.9 Å². The lowest BCUT2D eigenvalue weighted by molar-refractivity contribution is -0.0274. The number of morpholine rings is 1. The first kappa shape index (κ1) is 12.6. The standard InChI is InChI=1S/C14H17BrN4O/c1-9-7-18(8-11(20-9)10-2-3-10)14-5-4-13-16-6-12(15)19(13)17-14/h4-6,9-11H,2-3,7-8H2,1H3/t9-,11+/m1/s1. The van der Waals surface area contributed by atoms with E-state index in [-0.39, 0.29) is 6.10 Å². The molecule has 1 saturated carbocycles. The van der Waals surface area contributed by atoms with Gasteiger partial charge in [0.25, 0.3) is 0 Å². The van der Waals surface area contributed by atoms with Crippen molar-refractivity contribution in [1.82, 2.24) is 14.6 Å². The number of fused-ring (bicyclic) bond motifs is 1. The SMILES string of the molecule is C[C@@H]1CN(c2ccc3ncc(Br)n3n2)C[C@@H](C2CC2)O1. The Balaban J connectivity index is 1.64. The molecule has 0 unspecified atom stereocenters. The van der Waals surface area contributed by atoms with Crippen LogP contribution in [0.5, 0.6) is 0 Å². The highest BCUT2D eigenvalue weighted by atomic mass is 79.9. The van der Waals surface area contributed by atoms with Crippen LogP contribution in [-0.4, -0.2) is 39.9 Å². The average molecular weight is 337 g/mol. The largest absolute Gasteiger partial charge is 0.371 e. The van der Waals surface area contributed by atoms with Gasteiger partial charge in [-0.3, -0.25) is 0 Å². The highest BCUT2D eigenvalue weighted by molar-refractivity contribution is 9.10. The van der Waals surface area contributed by atoms with Crippen molar-refractivity contribution in [3.63, 3.8) is 0 Å². The minimum atomic E-state index is 0.262. The minimum absolute atomic E-state index is 0.262. The molecule has 0 N–H and O–H groups in total. The zero-order valence-electron chi connectivity index (χ0n) is 11.4. The van der Waals surface area contributed by atoms with E-state index in [1.54, 1.807) is 6.20 Å². The maximum Gasteiger partial charge on any atom is 0.154 e. The molecule has 1 saturated heterocycles. The zero-order chi connectivity index (χ0) is 13.7. The smallest absolute Gasteiger partial charge is 0.154 e. The predicted octanol–water partition coefficient (Wildman–Crippen LogP) is 2.50. The average Bonchev–Trinajstić information content (AvgIpc) is 3.23. The Hall–Kier alpha value is -1.14. The third-order valence-electron chi connectivity index (χ3n) is 4.06. The van der Waals surface area contributed by atoms with Crippen molar-refractivity contribution in [2.24, 2.45) is 5.92 Å². The molecule has 0 radical (unpaired) electrons. The predicted molar refractivity (Wildman–Crippen MR) is 80.0 cm³/mol. The van der Waals surface area contributed by atoms with Crippen LogP contribution in [0.3, 0.4) is 0 Å². The molecule has 20 heavy (non-hydrogen) atoms. The van der Waals surface area contributed by atoms with Gasteiger partial charge in [0.05, 0.1) is 18.4 Å². The number of hydrogen-bond donors (Lipinski definition) is 0. The van der Waals surface area contributed by atoms with Crippen molar-refractivity contribution >= 4 is 27.4 Å². The van der Waals surface area contributed by atoms with E-state index in [0.717, 1.165) is 35.1 Å². The van der Waals surface area contributed by atoms with Gasteiger partial charge in [0.15, 0.2) is 5.65 Å². The summed E-state index contributed by atoms with van der Waals surface area (Å²) in [5, 5.41) is 4.68. The van der Waals surface area contributed by atoms with Crippen molar-refractivity contribution in [3.05, 3.63) is 22.9 Å². The Kier molecular flexibility index (Phi) is 2.96. The Bertz CT molecular complexity index is 639. The Morgan fingerprint density at radius 1 is 1.30 bits per heavy atom. The van der Waals surface area contributed by atoms with Crippen LogP contribution >= 0.6 is 15.9 Å². The fraction of sp³-hybridized carbons (Fsp3) is 0.571. The molecular weight excluding hydrogens is 320 g/mol. The normalized spacial score (nSPS) is 27.2. The van der Waals surface area contributed by atoms with Crippen LogP contribution in [-0.2, 0) is 4.74 Å². The van der Waals surface area contributed by atoms with Crippen molar-refractivity contribution < 1.29 is 4.74 Å². The van der Waals surface area contributed by atoms with Crippen LogP contribution in [0.25, 0.3) is 5.65 Å². The highest BCUT2D eigenvalue weighted by Gasteiger charge is 2.37.